The number of esters is 2. The first kappa shape index (κ1) is 27.7. The summed E-state index contributed by atoms with van der Waals surface area (Å²) in [5, 5.41) is 5.53. The molecule has 3 aromatic rings. The second kappa shape index (κ2) is 14.0. The number of rotatable bonds is 12. The second-order valence-corrected chi connectivity index (χ2v) is 7.86. The van der Waals surface area contributed by atoms with Gasteiger partial charge in [0.15, 0.2) is 0 Å². The van der Waals surface area contributed by atoms with Crippen LogP contribution in [0.1, 0.15) is 33.6 Å². The van der Waals surface area contributed by atoms with Gasteiger partial charge in [-0.15, -0.1) is 0 Å². The molecule has 2 N–H and O–H groups in total. The molecule has 0 aliphatic carbocycles. The van der Waals surface area contributed by atoms with Gasteiger partial charge < -0.3 is 29.6 Å². The fourth-order valence-corrected chi connectivity index (χ4v) is 3.31. The first-order chi connectivity index (χ1) is 18.4. The quantitative estimate of drug-likeness (QED) is 0.342. The summed E-state index contributed by atoms with van der Waals surface area (Å²) in [6, 6.07) is 19.8. The molecule has 10 nitrogen and oxygen atoms in total. The average molecular weight is 521 g/mol. The van der Waals surface area contributed by atoms with E-state index < -0.39 is 11.8 Å². The summed E-state index contributed by atoms with van der Waals surface area (Å²) in [6.07, 6.45) is 0.191. The van der Waals surface area contributed by atoms with Crippen molar-refractivity contribution in [3.63, 3.8) is 0 Å². The van der Waals surface area contributed by atoms with Gasteiger partial charge in [0.25, 0.3) is 11.8 Å². The Morgan fingerprint density at radius 1 is 0.605 bits per heavy atom. The lowest BCUT2D eigenvalue weighted by molar-refractivity contribution is -0.142. The highest BCUT2D eigenvalue weighted by atomic mass is 16.5. The standard InChI is InChI=1S/C28H28N2O8/c1-35-25(31)13-15-37-21-9-5-7-19(17-21)29-27(33)23-11-3-4-12-24(23)28(34)30-20-8-6-10-22(18-20)38-16-14-26(32)36-2/h3-12,17-18H,13-16H2,1-2H3,(H,29,33)(H,30,34). The van der Waals surface area contributed by atoms with E-state index in [4.69, 9.17) is 9.47 Å². The fraction of sp³-hybridized carbons (Fsp3) is 0.214. The van der Waals surface area contributed by atoms with E-state index in [0.717, 1.165) is 0 Å². The number of benzene rings is 3. The molecule has 10 heteroatoms. The van der Waals surface area contributed by atoms with Gasteiger partial charge in [-0.25, -0.2) is 0 Å². The van der Waals surface area contributed by atoms with Crippen molar-refractivity contribution in [2.75, 3.05) is 38.1 Å². The van der Waals surface area contributed by atoms with Gasteiger partial charge in [0.1, 0.15) is 11.5 Å². The predicted molar refractivity (Wildman–Crippen MR) is 139 cm³/mol. The lowest BCUT2D eigenvalue weighted by Crippen LogP contribution is -2.20. The minimum Gasteiger partial charge on any atom is -0.493 e. The Bertz CT molecular complexity index is 1190. The molecule has 0 heterocycles. The summed E-state index contributed by atoms with van der Waals surface area (Å²) in [7, 11) is 2.61. The number of nitrogens with one attached hydrogen (secondary N) is 2. The lowest BCUT2D eigenvalue weighted by atomic mass is 10.1. The first-order valence-corrected chi connectivity index (χ1v) is 11.7. The van der Waals surface area contributed by atoms with E-state index in [1.165, 1.54) is 14.2 Å². The summed E-state index contributed by atoms with van der Waals surface area (Å²) in [5.74, 6) is -0.813. The molecule has 3 aromatic carbocycles. The molecule has 0 aliphatic heterocycles. The average Bonchev–Trinajstić information content (AvgIpc) is 2.93. The highest BCUT2D eigenvalue weighted by Crippen LogP contribution is 2.21. The zero-order chi connectivity index (χ0) is 27.3. The molecular formula is C28H28N2O8. The number of methoxy groups -OCH3 is 2. The van der Waals surface area contributed by atoms with Crippen LogP contribution in [-0.4, -0.2) is 51.2 Å². The second-order valence-electron chi connectivity index (χ2n) is 7.86. The first-order valence-electron chi connectivity index (χ1n) is 11.7. The molecule has 0 fully saturated rings. The third kappa shape index (κ3) is 8.37. The molecule has 198 valence electrons. The third-order valence-corrected chi connectivity index (χ3v) is 5.21. The Labute approximate surface area is 219 Å². The van der Waals surface area contributed by atoms with E-state index >= 15 is 0 Å². The van der Waals surface area contributed by atoms with Gasteiger partial charge in [0.2, 0.25) is 0 Å². The molecule has 38 heavy (non-hydrogen) atoms. The molecule has 2 amide bonds. The monoisotopic (exact) mass is 520 g/mol. The van der Waals surface area contributed by atoms with Gasteiger partial charge in [0, 0.05) is 23.5 Å². The summed E-state index contributed by atoms with van der Waals surface area (Å²) in [4.78, 5) is 48.6. The van der Waals surface area contributed by atoms with Gasteiger partial charge in [-0.3, -0.25) is 19.2 Å². The molecule has 0 aromatic heterocycles. The Kier molecular flexibility index (Phi) is 10.2. The number of carbonyl (C=O) groups is 4. The Balaban J connectivity index is 1.65. The zero-order valence-corrected chi connectivity index (χ0v) is 21.0. The molecule has 0 saturated heterocycles. The van der Waals surface area contributed by atoms with Crippen LogP contribution in [0.4, 0.5) is 11.4 Å². The predicted octanol–water partition coefficient (Wildman–Crippen LogP) is 4.08. The Morgan fingerprint density at radius 3 is 1.42 bits per heavy atom. The fourth-order valence-electron chi connectivity index (χ4n) is 3.31. The summed E-state index contributed by atoms with van der Waals surface area (Å²) in [6.45, 7) is 0.259. The molecule has 0 aliphatic rings. The molecule has 0 unspecified atom stereocenters. The molecule has 0 atom stereocenters. The number of ether oxygens (including phenoxy) is 4. The summed E-state index contributed by atoms with van der Waals surface area (Å²) >= 11 is 0. The topological polar surface area (TPSA) is 129 Å². The maximum absolute atomic E-state index is 13.0. The zero-order valence-electron chi connectivity index (χ0n) is 21.0. The number of amides is 2. The SMILES string of the molecule is COC(=O)CCOc1cccc(NC(=O)c2ccccc2C(=O)Nc2cccc(OCCC(=O)OC)c2)c1. The number of hydrogen-bond acceptors (Lipinski definition) is 8. The van der Waals surface area contributed by atoms with Gasteiger partial charge in [-0.1, -0.05) is 24.3 Å². The summed E-state index contributed by atoms with van der Waals surface area (Å²) in [5.41, 5.74) is 1.26. The number of anilines is 2. The van der Waals surface area contributed by atoms with Crippen LogP contribution >= 0.6 is 0 Å². The van der Waals surface area contributed by atoms with Gasteiger partial charge in [-0.2, -0.15) is 0 Å². The van der Waals surface area contributed by atoms with Crippen LogP contribution in [0.15, 0.2) is 72.8 Å². The minimum atomic E-state index is -0.484. The van der Waals surface area contributed by atoms with E-state index in [0.29, 0.717) is 22.9 Å². The van der Waals surface area contributed by atoms with Crippen LogP contribution in [0.3, 0.4) is 0 Å². The highest BCUT2D eigenvalue weighted by Gasteiger charge is 2.17. The van der Waals surface area contributed by atoms with Crippen LogP contribution in [0.2, 0.25) is 0 Å². The van der Waals surface area contributed by atoms with Crippen molar-refractivity contribution in [2.24, 2.45) is 0 Å². The normalized spacial score (nSPS) is 10.2. The minimum absolute atomic E-state index is 0.0953. The molecule has 0 saturated carbocycles. The number of carbonyl (C=O) groups excluding carboxylic acids is 4. The Hall–Kier alpha value is -4.86. The van der Waals surface area contributed by atoms with E-state index in [9.17, 15) is 19.2 Å². The molecule has 0 radical (unpaired) electrons. The van der Waals surface area contributed by atoms with E-state index in [2.05, 4.69) is 20.1 Å². The molecular weight excluding hydrogens is 492 g/mol. The van der Waals surface area contributed by atoms with Gasteiger partial charge in [0.05, 0.1) is 51.4 Å². The smallest absolute Gasteiger partial charge is 0.308 e. The maximum atomic E-state index is 13.0. The van der Waals surface area contributed by atoms with Crippen molar-refractivity contribution in [2.45, 2.75) is 12.8 Å². The van der Waals surface area contributed by atoms with Crippen molar-refractivity contribution < 1.29 is 38.1 Å². The van der Waals surface area contributed by atoms with Crippen LogP contribution < -0.4 is 20.1 Å². The third-order valence-electron chi connectivity index (χ3n) is 5.21. The van der Waals surface area contributed by atoms with Crippen molar-refractivity contribution in [3.05, 3.63) is 83.9 Å². The van der Waals surface area contributed by atoms with E-state index in [1.807, 2.05) is 0 Å². The van der Waals surface area contributed by atoms with Crippen LogP contribution in [0.25, 0.3) is 0 Å². The highest BCUT2D eigenvalue weighted by molar-refractivity contribution is 6.15. The van der Waals surface area contributed by atoms with Gasteiger partial charge >= 0.3 is 11.9 Å². The van der Waals surface area contributed by atoms with Gasteiger partial charge in [-0.05, 0) is 36.4 Å². The van der Waals surface area contributed by atoms with Crippen LogP contribution in [0, 0.1) is 0 Å². The van der Waals surface area contributed by atoms with Crippen molar-refractivity contribution >= 4 is 35.1 Å². The maximum Gasteiger partial charge on any atom is 0.308 e. The largest absolute Gasteiger partial charge is 0.493 e. The molecule has 0 bridgehead atoms. The number of hydrogen-bond donors (Lipinski definition) is 2. The summed E-state index contributed by atoms with van der Waals surface area (Å²) < 4.78 is 20.2. The Morgan fingerprint density at radius 2 is 1.03 bits per heavy atom. The molecule has 3 rings (SSSR count). The van der Waals surface area contributed by atoms with Crippen molar-refractivity contribution in [1.82, 2.24) is 0 Å². The van der Waals surface area contributed by atoms with Crippen molar-refractivity contribution in [3.8, 4) is 11.5 Å². The van der Waals surface area contributed by atoms with Crippen LogP contribution in [-0.2, 0) is 19.1 Å². The van der Waals surface area contributed by atoms with Crippen molar-refractivity contribution in [1.29, 1.82) is 0 Å². The lowest BCUT2D eigenvalue weighted by Gasteiger charge is -2.12. The van der Waals surface area contributed by atoms with E-state index in [1.54, 1.807) is 72.8 Å². The van der Waals surface area contributed by atoms with E-state index in [-0.39, 0.29) is 49.1 Å². The molecule has 0 spiro atoms. The van der Waals surface area contributed by atoms with Crippen LogP contribution in [0.5, 0.6) is 11.5 Å².